The summed E-state index contributed by atoms with van der Waals surface area (Å²) < 4.78 is 73.1. The average Bonchev–Trinajstić information content (AvgIpc) is 2.63. The van der Waals surface area contributed by atoms with Crippen LogP contribution in [-0.2, 0) is 20.9 Å². The molecule has 1 aliphatic rings. The lowest BCUT2D eigenvalue weighted by atomic mass is 10.1. The van der Waals surface area contributed by atoms with Gasteiger partial charge in [0.1, 0.15) is 0 Å². The van der Waals surface area contributed by atoms with Gasteiger partial charge >= 0.3 is 6.18 Å². The number of nitrogens with one attached hydrogen (secondary N) is 1. The van der Waals surface area contributed by atoms with Crippen LogP contribution in [0.15, 0.2) is 41.3 Å². The SMILES string of the molecule is Cc1ccc(C)c(S(=O)(=O)Nc2cc(C(F)(F)F)ccc2N2CCOCC2)c1. The first-order valence-corrected chi connectivity index (χ1v) is 10.2. The van der Waals surface area contributed by atoms with Crippen molar-refractivity contribution in [2.75, 3.05) is 35.9 Å². The fourth-order valence-corrected chi connectivity index (χ4v) is 4.47. The molecule has 0 radical (unpaired) electrons. The Balaban J connectivity index is 2.06. The number of nitrogens with zero attached hydrogens (tertiary/aromatic N) is 1. The number of hydrogen-bond acceptors (Lipinski definition) is 4. The van der Waals surface area contributed by atoms with Crippen LogP contribution in [-0.4, -0.2) is 34.7 Å². The largest absolute Gasteiger partial charge is 0.416 e. The van der Waals surface area contributed by atoms with Gasteiger partial charge in [-0.15, -0.1) is 0 Å². The number of hydrogen-bond donors (Lipinski definition) is 1. The smallest absolute Gasteiger partial charge is 0.378 e. The summed E-state index contributed by atoms with van der Waals surface area (Å²) in [4.78, 5) is 1.85. The molecule has 1 aliphatic heterocycles. The molecule has 1 N–H and O–H groups in total. The lowest BCUT2D eigenvalue weighted by Gasteiger charge is -2.31. The van der Waals surface area contributed by atoms with E-state index in [9.17, 15) is 21.6 Å². The number of alkyl halides is 3. The van der Waals surface area contributed by atoms with Crippen LogP contribution in [0.1, 0.15) is 16.7 Å². The molecule has 152 valence electrons. The summed E-state index contributed by atoms with van der Waals surface area (Å²) in [5, 5.41) is 0. The molecule has 9 heteroatoms. The topological polar surface area (TPSA) is 58.6 Å². The highest BCUT2D eigenvalue weighted by Gasteiger charge is 2.32. The van der Waals surface area contributed by atoms with Crippen molar-refractivity contribution in [1.29, 1.82) is 0 Å². The molecule has 0 spiro atoms. The molecule has 0 amide bonds. The molecule has 0 unspecified atom stereocenters. The second-order valence-electron chi connectivity index (χ2n) is 6.70. The molecule has 0 saturated carbocycles. The summed E-state index contributed by atoms with van der Waals surface area (Å²) in [5.41, 5.74) is 0.632. The molecular formula is C19H21F3N2O3S. The average molecular weight is 414 g/mol. The number of anilines is 2. The minimum absolute atomic E-state index is 0.0397. The minimum Gasteiger partial charge on any atom is -0.378 e. The van der Waals surface area contributed by atoms with E-state index in [1.54, 1.807) is 26.0 Å². The van der Waals surface area contributed by atoms with Crippen molar-refractivity contribution >= 4 is 21.4 Å². The van der Waals surface area contributed by atoms with E-state index in [2.05, 4.69) is 4.72 Å². The van der Waals surface area contributed by atoms with Crippen molar-refractivity contribution in [2.24, 2.45) is 0 Å². The van der Waals surface area contributed by atoms with E-state index in [0.717, 1.165) is 17.7 Å². The molecule has 0 bridgehead atoms. The molecule has 5 nitrogen and oxygen atoms in total. The third-order valence-corrected chi connectivity index (χ3v) is 6.06. The monoisotopic (exact) mass is 414 g/mol. The highest BCUT2D eigenvalue weighted by molar-refractivity contribution is 7.92. The van der Waals surface area contributed by atoms with Crippen molar-refractivity contribution in [3.8, 4) is 0 Å². The summed E-state index contributed by atoms with van der Waals surface area (Å²) in [6, 6.07) is 8.04. The van der Waals surface area contributed by atoms with E-state index < -0.39 is 21.8 Å². The molecule has 0 aromatic heterocycles. The van der Waals surface area contributed by atoms with Gasteiger partial charge in [-0.05, 0) is 49.2 Å². The van der Waals surface area contributed by atoms with E-state index in [1.807, 2.05) is 4.90 Å². The van der Waals surface area contributed by atoms with Crippen LogP contribution in [0.2, 0.25) is 0 Å². The Morgan fingerprint density at radius 2 is 1.71 bits per heavy atom. The first-order chi connectivity index (χ1) is 13.1. The van der Waals surface area contributed by atoms with Gasteiger partial charge in [-0.3, -0.25) is 4.72 Å². The van der Waals surface area contributed by atoms with E-state index >= 15 is 0 Å². The number of rotatable bonds is 4. The Labute approximate surface area is 162 Å². The fraction of sp³-hybridized carbons (Fsp3) is 0.368. The Hall–Kier alpha value is -2.26. The highest BCUT2D eigenvalue weighted by Crippen LogP contribution is 2.37. The second kappa shape index (κ2) is 7.63. The van der Waals surface area contributed by atoms with Crippen LogP contribution in [0.5, 0.6) is 0 Å². The van der Waals surface area contributed by atoms with Gasteiger partial charge in [0.05, 0.1) is 35.0 Å². The first-order valence-electron chi connectivity index (χ1n) is 8.72. The number of benzene rings is 2. The molecule has 0 atom stereocenters. The Morgan fingerprint density at radius 3 is 2.36 bits per heavy atom. The van der Waals surface area contributed by atoms with Gasteiger partial charge in [0.2, 0.25) is 0 Å². The van der Waals surface area contributed by atoms with Crippen LogP contribution in [0.3, 0.4) is 0 Å². The summed E-state index contributed by atoms with van der Waals surface area (Å²) in [6.45, 7) is 5.16. The van der Waals surface area contributed by atoms with Gasteiger partial charge in [-0.2, -0.15) is 13.2 Å². The van der Waals surface area contributed by atoms with Crippen molar-refractivity contribution < 1.29 is 26.3 Å². The van der Waals surface area contributed by atoms with Crippen molar-refractivity contribution in [3.63, 3.8) is 0 Å². The first kappa shape index (κ1) is 20.5. The van der Waals surface area contributed by atoms with Gasteiger partial charge in [-0.1, -0.05) is 12.1 Å². The maximum Gasteiger partial charge on any atom is 0.416 e. The number of aryl methyl sites for hydroxylation is 2. The molecule has 28 heavy (non-hydrogen) atoms. The number of sulfonamides is 1. The minimum atomic E-state index is -4.58. The van der Waals surface area contributed by atoms with Gasteiger partial charge in [0.15, 0.2) is 0 Å². The Kier molecular flexibility index (Phi) is 5.58. The van der Waals surface area contributed by atoms with E-state index in [0.29, 0.717) is 37.6 Å². The highest BCUT2D eigenvalue weighted by atomic mass is 32.2. The summed E-state index contributed by atoms with van der Waals surface area (Å²) in [7, 11) is -4.07. The molecule has 1 fully saturated rings. The zero-order valence-electron chi connectivity index (χ0n) is 15.5. The molecule has 1 saturated heterocycles. The summed E-state index contributed by atoms with van der Waals surface area (Å²) in [5.74, 6) is 0. The molecule has 3 rings (SSSR count). The van der Waals surface area contributed by atoms with Crippen LogP contribution in [0.25, 0.3) is 0 Å². The van der Waals surface area contributed by atoms with Crippen molar-refractivity contribution in [3.05, 3.63) is 53.1 Å². The zero-order valence-corrected chi connectivity index (χ0v) is 16.3. The van der Waals surface area contributed by atoms with E-state index in [1.165, 1.54) is 12.1 Å². The van der Waals surface area contributed by atoms with Crippen LogP contribution in [0.4, 0.5) is 24.5 Å². The van der Waals surface area contributed by atoms with E-state index in [-0.39, 0.29) is 10.6 Å². The van der Waals surface area contributed by atoms with Gasteiger partial charge in [0, 0.05) is 13.1 Å². The lowest BCUT2D eigenvalue weighted by molar-refractivity contribution is -0.137. The quantitative estimate of drug-likeness (QED) is 0.823. The van der Waals surface area contributed by atoms with Crippen LogP contribution < -0.4 is 9.62 Å². The predicted molar refractivity (Wildman–Crippen MR) is 101 cm³/mol. The van der Waals surface area contributed by atoms with Crippen molar-refractivity contribution in [1.82, 2.24) is 0 Å². The van der Waals surface area contributed by atoms with Gasteiger partial charge < -0.3 is 9.64 Å². The fourth-order valence-electron chi connectivity index (χ4n) is 3.07. The number of ether oxygens (including phenoxy) is 1. The van der Waals surface area contributed by atoms with Gasteiger partial charge in [0.25, 0.3) is 10.0 Å². The summed E-state index contributed by atoms with van der Waals surface area (Å²) >= 11 is 0. The summed E-state index contributed by atoms with van der Waals surface area (Å²) in [6.07, 6.45) is -4.58. The van der Waals surface area contributed by atoms with Crippen LogP contribution in [0, 0.1) is 13.8 Å². The third kappa shape index (κ3) is 4.41. The third-order valence-electron chi connectivity index (χ3n) is 4.55. The van der Waals surface area contributed by atoms with Gasteiger partial charge in [-0.25, -0.2) is 8.42 Å². The molecule has 1 heterocycles. The van der Waals surface area contributed by atoms with Crippen molar-refractivity contribution in [2.45, 2.75) is 24.9 Å². The number of halogens is 3. The second-order valence-corrected chi connectivity index (χ2v) is 8.35. The Bertz CT molecular complexity index is 969. The Morgan fingerprint density at radius 1 is 1.04 bits per heavy atom. The maximum absolute atomic E-state index is 13.2. The maximum atomic E-state index is 13.2. The molecular weight excluding hydrogens is 393 g/mol. The molecule has 2 aromatic carbocycles. The number of morpholine rings is 1. The van der Waals surface area contributed by atoms with Crippen LogP contribution >= 0.6 is 0 Å². The molecule has 2 aromatic rings. The van der Waals surface area contributed by atoms with E-state index in [4.69, 9.17) is 4.74 Å². The standard InChI is InChI=1S/C19H21F3N2O3S/c1-13-3-4-14(2)18(11-13)28(25,26)23-16-12-15(19(20,21)22)5-6-17(16)24-7-9-27-10-8-24/h3-6,11-12,23H,7-10H2,1-2H3. The zero-order chi connectivity index (χ0) is 20.5. The normalized spacial score (nSPS) is 15.5. The molecule has 0 aliphatic carbocycles. The predicted octanol–water partition coefficient (Wildman–Crippen LogP) is 3.96. The lowest BCUT2D eigenvalue weighted by Crippen LogP contribution is -2.36.